The molecule has 0 aliphatic carbocycles. The molecule has 1 aliphatic heterocycles. The largest absolute Gasteiger partial charge is 0.483 e. The maximum Gasteiger partial charge on any atom is 0.260 e. The molecule has 5 nitrogen and oxygen atoms in total. The van der Waals surface area contributed by atoms with Gasteiger partial charge in [0.1, 0.15) is 5.75 Å². The monoisotopic (exact) mass is 304 g/mol. The van der Waals surface area contributed by atoms with E-state index in [2.05, 4.69) is 19.2 Å². The Morgan fingerprint density at radius 1 is 1.32 bits per heavy atom. The van der Waals surface area contributed by atoms with Crippen molar-refractivity contribution >= 4 is 17.5 Å². The molecule has 120 valence electrons. The van der Waals surface area contributed by atoms with E-state index in [4.69, 9.17) is 4.74 Å². The van der Waals surface area contributed by atoms with Crippen molar-refractivity contribution < 1.29 is 14.3 Å². The molecule has 22 heavy (non-hydrogen) atoms. The minimum Gasteiger partial charge on any atom is -0.483 e. The van der Waals surface area contributed by atoms with Crippen LogP contribution in [-0.2, 0) is 16.1 Å². The molecule has 0 spiro atoms. The second kappa shape index (κ2) is 6.81. The average Bonchev–Trinajstić information content (AvgIpc) is 2.58. The van der Waals surface area contributed by atoms with E-state index in [0.29, 0.717) is 24.8 Å². The van der Waals surface area contributed by atoms with Crippen LogP contribution in [0.1, 0.15) is 33.3 Å². The minimum atomic E-state index is -0.0749. The predicted molar refractivity (Wildman–Crippen MR) is 85.7 cm³/mol. The highest BCUT2D eigenvalue weighted by atomic mass is 16.5. The van der Waals surface area contributed by atoms with Crippen LogP contribution in [0.3, 0.4) is 0 Å². The number of carbonyl (C=O) groups excluding carboxylic acids is 2. The average molecular weight is 304 g/mol. The molecule has 1 heterocycles. The predicted octanol–water partition coefficient (Wildman–Crippen LogP) is 2.66. The van der Waals surface area contributed by atoms with Gasteiger partial charge in [0.05, 0.1) is 0 Å². The highest BCUT2D eigenvalue weighted by Crippen LogP contribution is 2.27. The molecule has 2 amide bonds. The van der Waals surface area contributed by atoms with Crippen LogP contribution in [0.15, 0.2) is 18.2 Å². The Morgan fingerprint density at radius 2 is 2.05 bits per heavy atom. The molecule has 0 unspecified atom stereocenters. The summed E-state index contributed by atoms with van der Waals surface area (Å²) in [5.74, 6) is 1.01. The molecular weight excluding hydrogens is 280 g/mol. The van der Waals surface area contributed by atoms with Gasteiger partial charge in [-0.1, -0.05) is 27.7 Å². The Balaban J connectivity index is 2.20. The van der Waals surface area contributed by atoms with E-state index in [9.17, 15) is 9.59 Å². The van der Waals surface area contributed by atoms with Crippen molar-refractivity contribution in [1.29, 1.82) is 0 Å². The van der Waals surface area contributed by atoms with Gasteiger partial charge < -0.3 is 15.0 Å². The standard InChI is InChI=1S/C17H24N2O3/c1-11(2)8-19-9-13-7-14(18-17(21)12(3)4)5-6-15(13)22-10-16(19)20/h5-7,11-12H,8-10H2,1-4H3,(H,18,21). The maximum absolute atomic E-state index is 12.1. The number of rotatable bonds is 4. The van der Waals surface area contributed by atoms with Crippen LogP contribution in [0, 0.1) is 11.8 Å². The molecular formula is C17H24N2O3. The summed E-state index contributed by atoms with van der Waals surface area (Å²) < 4.78 is 5.58. The first-order valence-electron chi connectivity index (χ1n) is 7.71. The summed E-state index contributed by atoms with van der Waals surface area (Å²) in [6.07, 6.45) is 0. The second-order valence-electron chi connectivity index (χ2n) is 6.42. The summed E-state index contributed by atoms with van der Waals surface area (Å²) in [5, 5.41) is 2.88. The van der Waals surface area contributed by atoms with Gasteiger partial charge in [-0.3, -0.25) is 9.59 Å². The first kappa shape index (κ1) is 16.3. The van der Waals surface area contributed by atoms with Crippen molar-refractivity contribution in [3.05, 3.63) is 23.8 Å². The van der Waals surface area contributed by atoms with E-state index < -0.39 is 0 Å². The fraction of sp³-hybridized carbons (Fsp3) is 0.529. The van der Waals surface area contributed by atoms with E-state index in [1.54, 1.807) is 0 Å². The number of carbonyl (C=O) groups is 2. The summed E-state index contributed by atoms with van der Waals surface area (Å²) in [4.78, 5) is 25.7. The van der Waals surface area contributed by atoms with Gasteiger partial charge in [0.2, 0.25) is 5.91 Å². The highest BCUT2D eigenvalue weighted by Gasteiger charge is 2.22. The van der Waals surface area contributed by atoms with Gasteiger partial charge >= 0.3 is 0 Å². The van der Waals surface area contributed by atoms with Crippen LogP contribution in [0.25, 0.3) is 0 Å². The lowest BCUT2D eigenvalue weighted by Gasteiger charge is -2.22. The fourth-order valence-electron chi connectivity index (χ4n) is 2.34. The molecule has 0 fully saturated rings. The Bertz CT molecular complexity index is 567. The van der Waals surface area contributed by atoms with E-state index in [1.807, 2.05) is 36.9 Å². The van der Waals surface area contributed by atoms with Gasteiger partial charge in [0.25, 0.3) is 5.91 Å². The Morgan fingerprint density at radius 3 is 2.68 bits per heavy atom. The molecule has 0 saturated heterocycles. The Labute approximate surface area is 131 Å². The van der Waals surface area contributed by atoms with Crippen LogP contribution in [-0.4, -0.2) is 29.9 Å². The van der Waals surface area contributed by atoms with Crippen molar-refractivity contribution in [2.75, 3.05) is 18.5 Å². The van der Waals surface area contributed by atoms with Crippen LogP contribution in [0.4, 0.5) is 5.69 Å². The third kappa shape index (κ3) is 4.00. The summed E-state index contributed by atoms with van der Waals surface area (Å²) in [7, 11) is 0. The number of anilines is 1. The Hall–Kier alpha value is -2.04. The van der Waals surface area contributed by atoms with E-state index >= 15 is 0 Å². The topological polar surface area (TPSA) is 58.6 Å². The van der Waals surface area contributed by atoms with Gasteiger partial charge in [-0.05, 0) is 24.1 Å². The van der Waals surface area contributed by atoms with Crippen LogP contribution < -0.4 is 10.1 Å². The lowest BCUT2D eigenvalue weighted by molar-refractivity contribution is -0.133. The van der Waals surface area contributed by atoms with Crippen molar-refractivity contribution in [2.45, 2.75) is 34.2 Å². The third-order valence-corrected chi connectivity index (χ3v) is 3.50. The lowest BCUT2D eigenvalue weighted by Crippen LogP contribution is -2.35. The quantitative estimate of drug-likeness (QED) is 0.930. The van der Waals surface area contributed by atoms with Crippen LogP contribution in [0.5, 0.6) is 5.75 Å². The minimum absolute atomic E-state index is 0.00216. The van der Waals surface area contributed by atoms with Gasteiger partial charge in [-0.25, -0.2) is 0 Å². The molecule has 0 radical (unpaired) electrons. The van der Waals surface area contributed by atoms with E-state index in [1.165, 1.54) is 0 Å². The van der Waals surface area contributed by atoms with Crippen LogP contribution >= 0.6 is 0 Å². The molecule has 0 bridgehead atoms. The fourth-order valence-corrected chi connectivity index (χ4v) is 2.34. The zero-order valence-electron chi connectivity index (χ0n) is 13.7. The molecule has 0 saturated carbocycles. The van der Waals surface area contributed by atoms with Crippen LogP contribution in [0.2, 0.25) is 0 Å². The first-order chi connectivity index (χ1) is 10.4. The molecule has 2 rings (SSSR count). The van der Waals surface area contributed by atoms with Crippen molar-refractivity contribution in [2.24, 2.45) is 11.8 Å². The number of nitrogens with zero attached hydrogens (tertiary/aromatic N) is 1. The smallest absolute Gasteiger partial charge is 0.260 e. The number of ether oxygens (including phenoxy) is 1. The normalized spacial score (nSPS) is 14.6. The summed E-state index contributed by atoms with van der Waals surface area (Å²) in [5.41, 5.74) is 1.66. The maximum atomic E-state index is 12.1. The highest BCUT2D eigenvalue weighted by molar-refractivity contribution is 5.92. The molecule has 0 atom stereocenters. The van der Waals surface area contributed by atoms with Gasteiger partial charge in [0, 0.05) is 30.3 Å². The summed E-state index contributed by atoms with van der Waals surface area (Å²) >= 11 is 0. The number of hydrogen-bond donors (Lipinski definition) is 1. The zero-order valence-corrected chi connectivity index (χ0v) is 13.7. The first-order valence-corrected chi connectivity index (χ1v) is 7.71. The second-order valence-corrected chi connectivity index (χ2v) is 6.42. The van der Waals surface area contributed by atoms with Crippen molar-refractivity contribution in [1.82, 2.24) is 4.90 Å². The SMILES string of the molecule is CC(C)CN1Cc2cc(NC(=O)C(C)C)ccc2OCC1=O. The van der Waals surface area contributed by atoms with Gasteiger partial charge in [-0.2, -0.15) is 0 Å². The molecule has 1 aliphatic rings. The zero-order chi connectivity index (χ0) is 16.3. The molecule has 1 aromatic carbocycles. The number of benzene rings is 1. The van der Waals surface area contributed by atoms with E-state index in [-0.39, 0.29) is 24.3 Å². The molecule has 0 aromatic heterocycles. The Kier molecular flexibility index (Phi) is 5.06. The van der Waals surface area contributed by atoms with Crippen molar-refractivity contribution in [3.8, 4) is 5.75 Å². The third-order valence-electron chi connectivity index (χ3n) is 3.50. The lowest BCUT2D eigenvalue weighted by atomic mass is 10.1. The number of nitrogens with one attached hydrogen (secondary N) is 1. The molecule has 1 N–H and O–H groups in total. The molecule has 5 heteroatoms. The van der Waals surface area contributed by atoms with Gasteiger partial charge in [0.15, 0.2) is 6.61 Å². The summed E-state index contributed by atoms with van der Waals surface area (Å²) in [6, 6.07) is 5.51. The molecule has 1 aromatic rings. The van der Waals surface area contributed by atoms with Crippen molar-refractivity contribution in [3.63, 3.8) is 0 Å². The summed E-state index contributed by atoms with van der Waals surface area (Å²) in [6.45, 7) is 9.15. The number of hydrogen-bond acceptors (Lipinski definition) is 3. The number of amides is 2. The number of fused-ring (bicyclic) bond motifs is 1. The van der Waals surface area contributed by atoms with Gasteiger partial charge in [-0.15, -0.1) is 0 Å². The van der Waals surface area contributed by atoms with E-state index in [0.717, 1.165) is 11.3 Å².